The van der Waals surface area contributed by atoms with E-state index >= 15 is 0 Å². The van der Waals surface area contributed by atoms with Gasteiger partial charge in [-0.25, -0.2) is 4.98 Å². The number of rotatable bonds is 10. The number of anilines is 1. The number of fused-ring (bicyclic) bond motifs is 2. The fraction of sp³-hybridized carbons (Fsp3) is 0.310. The molecule has 4 aromatic rings. The molecule has 0 bridgehead atoms. The number of H-pyrrole nitrogens is 1. The molecule has 2 aromatic carbocycles. The third-order valence-corrected chi connectivity index (χ3v) is 6.70. The number of nitrogens with zero attached hydrogens (tertiary/aromatic N) is 1. The Balaban J connectivity index is 0.000000326. The van der Waals surface area contributed by atoms with Crippen molar-refractivity contribution in [1.29, 1.82) is 0 Å². The highest BCUT2D eigenvalue weighted by Gasteiger charge is 2.33. The molecular formula is C29H39ClF3N7S. The number of alkyl halides is 3. The molecule has 0 radical (unpaired) electrons. The zero-order valence-electron chi connectivity index (χ0n) is 23.3. The Morgan fingerprint density at radius 3 is 2.49 bits per heavy atom. The second-order valence-corrected chi connectivity index (χ2v) is 10.8. The van der Waals surface area contributed by atoms with Crippen LogP contribution in [-0.2, 0) is 12.6 Å². The quantitative estimate of drug-likeness (QED) is 0.0704. The fourth-order valence-corrected chi connectivity index (χ4v) is 4.66. The molecule has 2 heterocycles. The largest absolute Gasteiger partial charge is 0.433 e. The number of hydrogen-bond donors (Lipinski definition) is 6. The Labute approximate surface area is 246 Å². The molecular weight excluding hydrogens is 571 g/mol. The van der Waals surface area contributed by atoms with Crippen LogP contribution < -0.4 is 26.6 Å². The number of aromatic amines is 1. The minimum Gasteiger partial charge on any atom is -0.380 e. The van der Waals surface area contributed by atoms with Gasteiger partial charge in [-0.3, -0.25) is 9.86 Å². The summed E-state index contributed by atoms with van der Waals surface area (Å²) in [5.74, 6) is 3.65. The van der Waals surface area contributed by atoms with Gasteiger partial charge in [-0.05, 0) is 75.0 Å². The Kier molecular flexibility index (Phi) is 13.8. The average Bonchev–Trinajstić information content (AvgIpc) is 3.33. The van der Waals surface area contributed by atoms with E-state index < -0.39 is 22.7 Å². The molecule has 0 fully saturated rings. The summed E-state index contributed by atoms with van der Waals surface area (Å²) in [6, 6.07) is 13.7. The second-order valence-electron chi connectivity index (χ2n) is 9.25. The van der Waals surface area contributed by atoms with Crippen LogP contribution in [-0.4, -0.2) is 42.0 Å². The minimum atomic E-state index is -4.54. The van der Waals surface area contributed by atoms with Crippen molar-refractivity contribution >= 4 is 55.8 Å². The van der Waals surface area contributed by atoms with Gasteiger partial charge in [-0.15, -0.1) is 0 Å². The molecule has 4 rings (SSSR count). The van der Waals surface area contributed by atoms with Crippen LogP contribution in [0.2, 0.25) is 5.02 Å². The summed E-state index contributed by atoms with van der Waals surface area (Å²) in [5.41, 5.74) is 13.6. The SMILES string of the molecule is C=C(C)Cc1c[nH]c2ccccc12.C=S(N)NCCCC(CN)Nc1cc(C(F)(F)F)nc2ccc(Cl)cc12.CN. The number of nitrogens with two attached hydrogens (primary N) is 3. The number of halogens is 4. The Morgan fingerprint density at radius 2 is 1.85 bits per heavy atom. The lowest BCUT2D eigenvalue weighted by atomic mass is 10.1. The Hall–Kier alpha value is -2.93. The topological polar surface area (TPSA) is 131 Å². The summed E-state index contributed by atoms with van der Waals surface area (Å²) < 4.78 is 42.5. The van der Waals surface area contributed by atoms with Crippen molar-refractivity contribution in [2.45, 2.75) is 38.4 Å². The molecule has 0 aliphatic heterocycles. The third kappa shape index (κ3) is 10.8. The lowest BCUT2D eigenvalue weighted by Gasteiger charge is -2.21. The first-order valence-electron chi connectivity index (χ1n) is 12.9. The Bertz CT molecular complexity index is 1440. The smallest absolute Gasteiger partial charge is 0.380 e. The van der Waals surface area contributed by atoms with Gasteiger partial charge in [0.05, 0.1) is 5.52 Å². The van der Waals surface area contributed by atoms with Gasteiger partial charge < -0.3 is 21.8 Å². The molecule has 7 nitrogen and oxygen atoms in total. The van der Waals surface area contributed by atoms with Crippen LogP contribution in [0.15, 0.2) is 66.9 Å². The van der Waals surface area contributed by atoms with Gasteiger partial charge in [0.25, 0.3) is 0 Å². The monoisotopic (exact) mass is 609 g/mol. The lowest BCUT2D eigenvalue weighted by molar-refractivity contribution is -0.140. The van der Waals surface area contributed by atoms with E-state index in [1.165, 1.54) is 41.2 Å². The van der Waals surface area contributed by atoms with Gasteiger partial charge in [0.1, 0.15) is 5.69 Å². The molecule has 0 saturated heterocycles. The van der Waals surface area contributed by atoms with Crippen LogP contribution in [0.1, 0.15) is 31.0 Å². The molecule has 224 valence electrons. The summed E-state index contributed by atoms with van der Waals surface area (Å²) in [6.45, 7) is 6.90. The van der Waals surface area contributed by atoms with Crippen LogP contribution in [0.25, 0.3) is 21.8 Å². The van der Waals surface area contributed by atoms with E-state index in [4.69, 9.17) is 22.5 Å². The van der Waals surface area contributed by atoms with Gasteiger partial charge in [-0.1, -0.05) is 52.8 Å². The number of hydrogen-bond acceptors (Lipinski definition) is 6. The number of pyridine rings is 1. The normalized spacial score (nSPS) is 12.6. The van der Waals surface area contributed by atoms with E-state index in [2.05, 4.69) is 69.5 Å². The predicted octanol–water partition coefficient (Wildman–Crippen LogP) is 6.37. The fourth-order valence-electron chi connectivity index (χ4n) is 4.09. The van der Waals surface area contributed by atoms with Gasteiger partial charge >= 0.3 is 6.18 Å². The lowest BCUT2D eigenvalue weighted by Crippen LogP contribution is -2.30. The number of benzene rings is 2. The van der Waals surface area contributed by atoms with Crippen LogP contribution >= 0.6 is 22.5 Å². The maximum atomic E-state index is 13.2. The van der Waals surface area contributed by atoms with E-state index in [1.54, 1.807) is 6.07 Å². The van der Waals surface area contributed by atoms with E-state index in [1.807, 2.05) is 6.07 Å². The number of aromatic nitrogens is 2. The first-order chi connectivity index (χ1) is 19.5. The molecule has 0 spiro atoms. The van der Waals surface area contributed by atoms with Gasteiger partial charge in [0.2, 0.25) is 0 Å². The van der Waals surface area contributed by atoms with Crippen molar-refractivity contribution in [1.82, 2.24) is 14.7 Å². The predicted molar refractivity (Wildman–Crippen MR) is 171 cm³/mol. The molecule has 0 saturated carbocycles. The standard InChI is InChI=1S/C16H21ClF3N5S.C12H13N.CH5N/c1-26(22)23-6-2-3-11(9-21)24-14-8-15(16(18,19)20)25-13-5-4-10(17)7-12(13)14;1-9(2)7-10-8-13-12-6-4-3-5-11(10)12;1-2/h4-5,7-8,11,23H,1-3,6,9,21-22H2,(H,24,25);3-6,8,13H,1,7H2,2H3;2H2,1H3. The summed E-state index contributed by atoms with van der Waals surface area (Å²) in [5, 5.41) is 10.9. The third-order valence-electron chi connectivity index (χ3n) is 5.89. The van der Waals surface area contributed by atoms with Gasteiger partial charge in [-0.2, -0.15) is 13.2 Å². The first kappa shape index (κ1) is 34.3. The van der Waals surface area contributed by atoms with E-state index in [-0.39, 0.29) is 18.1 Å². The van der Waals surface area contributed by atoms with Gasteiger partial charge in [0.15, 0.2) is 0 Å². The maximum absolute atomic E-state index is 13.2. The summed E-state index contributed by atoms with van der Waals surface area (Å²) in [6.07, 6.45) is -0.103. The molecule has 2 aromatic heterocycles. The molecule has 0 aliphatic carbocycles. The van der Waals surface area contributed by atoms with Crippen molar-refractivity contribution < 1.29 is 13.2 Å². The maximum Gasteiger partial charge on any atom is 0.433 e. The van der Waals surface area contributed by atoms with Crippen LogP contribution in [0, 0.1) is 0 Å². The highest BCUT2D eigenvalue weighted by molar-refractivity contribution is 8.10. The van der Waals surface area contributed by atoms with Crippen LogP contribution in [0.5, 0.6) is 0 Å². The van der Waals surface area contributed by atoms with Crippen molar-refractivity contribution in [3.8, 4) is 0 Å². The summed E-state index contributed by atoms with van der Waals surface area (Å²) >= 11 is 6.00. The highest BCUT2D eigenvalue weighted by Crippen LogP contribution is 2.34. The zero-order valence-corrected chi connectivity index (χ0v) is 24.9. The summed E-state index contributed by atoms with van der Waals surface area (Å²) in [7, 11) is 0.896. The molecule has 0 amide bonds. The summed E-state index contributed by atoms with van der Waals surface area (Å²) in [4.78, 5) is 6.94. The minimum absolute atomic E-state index is 0.202. The molecule has 2 unspecified atom stereocenters. The van der Waals surface area contributed by atoms with Crippen molar-refractivity contribution in [2.24, 2.45) is 16.6 Å². The highest BCUT2D eigenvalue weighted by atomic mass is 35.5. The molecule has 0 aliphatic rings. The van der Waals surface area contributed by atoms with Crippen molar-refractivity contribution in [3.05, 3.63) is 83.2 Å². The van der Waals surface area contributed by atoms with E-state index in [0.717, 1.165) is 18.9 Å². The van der Waals surface area contributed by atoms with Crippen LogP contribution in [0.4, 0.5) is 18.9 Å². The number of para-hydroxylation sites is 1. The molecule has 2 atom stereocenters. The number of allylic oxidation sites excluding steroid dienone is 1. The number of nitrogens with one attached hydrogen (secondary N) is 3. The zero-order chi connectivity index (χ0) is 30.6. The Morgan fingerprint density at radius 1 is 1.15 bits per heavy atom. The molecule has 41 heavy (non-hydrogen) atoms. The molecule has 9 N–H and O–H groups in total. The molecule has 12 heteroatoms. The second kappa shape index (κ2) is 16.5. The first-order valence-corrected chi connectivity index (χ1v) is 14.7. The van der Waals surface area contributed by atoms with E-state index in [9.17, 15) is 13.2 Å². The van der Waals surface area contributed by atoms with Gasteiger partial charge in [0, 0.05) is 52.3 Å². The van der Waals surface area contributed by atoms with Crippen LogP contribution in [0.3, 0.4) is 0 Å². The van der Waals surface area contributed by atoms with Crippen molar-refractivity contribution in [3.63, 3.8) is 0 Å². The average molecular weight is 610 g/mol. The van der Waals surface area contributed by atoms with E-state index in [0.29, 0.717) is 29.1 Å². The van der Waals surface area contributed by atoms with Crippen molar-refractivity contribution in [2.75, 3.05) is 25.5 Å².